The van der Waals surface area contributed by atoms with Gasteiger partial charge in [0.1, 0.15) is 5.78 Å². The van der Waals surface area contributed by atoms with Crippen LogP contribution in [-0.4, -0.2) is 5.78 Å². The molecular weight excluding hydrogens is 402 g/mol. The van der Waals surface area contributed by atoms with Gasteiger partial charge in [0.05, 0.1) is 0 Å². The Balaban J connectivity index is 2.31. The summed E-state index contributed by atoms with van der Waals surface area (Å²) >= 11 is 4.68. The summed E-state index contributed by atoms with van der Waals surface area (Å²) in [5.41, 5.74) is 1.36. The molecule has 1 saturated carbocycles. The zero-order valence-corrected chi connectivity index (χ0v) is 11.9. The third kappa shape index (κ3) is 2.29. The Labute approximate surface area is 111 Å². The van der Waals surface area contributed by atoms with Crippen LogP contribution in [0.25, 0.3) is 0 Å². The van der Waals surface area contributed by atoms with Crippen molar-refractivity contribution >= 4 is 51.0 Å². The summed E-state index contributed by atoms with van der Waals surface area (Å²) < 4.78 is 2.56. The maximum atomic E-state index is 11.2. The van der Waals surface area contributed by atoms with Crippen molar-refractivity contribution in [2.45, 2.75) is 25.2 Å². The molecule has 3 heteroatoms. The molecule has 0 N–H and O–H groups in total. The third-order valence-corrected chi connectivity index (χ3v) is 4.30. The number of hydrogen-bond donors (Lipinski definition) is 0. The van der Waals surface area contributed by atoms with E-state index in [1.807, 2.05) is 0 Å². The molecule has 0 heterocycles. The molecule has 0 amide bonds. The van der Waals surface area contributed by atoms with Gasteiger partial charge in [0, 0.05) is 20.0 Å². The second kappa shape index (κ2) is 4.47. The summed E-state index contributed by atoms with van der Waals surface area (Å²) in [6.07, 6.45) is 2.55. The number of hydrogen-bond acceptors (Lipinski definition) is 1. The molecule has 2 rings (SSSR count). The lowest BCUT2D eigenvalue weighted by Gasteiger charge is -2.11. The number of carbonyl (C=O) groups is 1. The topological polar surface area (TPSA) is 17.1 Å². The quantitative estimate of drug-likeness (QED) is 0.643. The van der Waals surface area contributed by atoms with Crippen LogP contribution in [0.2, 0.25) is 0 Å². The van der Waals surface area contributed by atoms with Crippen molar-refractivity contribution in [1.29, 1.82) is 0 Å². The number of ketones is 1. The lowest BCUT2D eigenvalue weighted by Crippen LogP contribution is -1.97. The average molecular weight is 412 g/mol. The van der Waals surface area contributed by atoms with Crippen molar-refractivity contribution in [3.05, 3.63) is 30.9 Å². The summed E-state index contributed by atoms with van der Waals surface area (Å²) in [5, 5.41) is 0. The molecule has 0 saturated heterocycles. The van der Waals surface area contributed by atoms with Crippen LogP contribution in [0, 0.1) is 7.14 Å². The molecule has 0 aliphatic heterocycles. The van der Waals surface area contributed by atoms with Crippen molar-refractivity contribution in [1.82, 2.24) is 0 Å². The molecule has 0 spiro atoms. The second-order valence-electron chi connectivity index (χ2n) is 3.64. The molecule has 74 valence electrons. The number of halogens is 2. The second-order valence-corrected chi connectivity index (χ2v) is 6.05. The van der Waals surface area contributed by atoms with Gasteiger partial charge in [-0.3, -0.25) is 4.79 Å². The molecule has 14 heavy (non-hydrogen) atoms. The Bertz CT molecular complexity index is 374. The van der Waals surface area contributed by atoms with Gasteiger partial charge in [0.25, 0.3) is 0 Å². The summed E-state index contributed by atoms with van der Waals surface area (Å²) in [6.45, 7) is 0. The van der Waals surface area contributed by atoms with Gasteiger partial charge in [-0.05, 0) is 81.3 Å². The highest BCUT2D eigenvalue weighted by atomic mass is 127. The zero-order valence-electron chi connectivity index (χ0n) is 7.59. The first-order valence-corrected chi connectivity index (χ1v) is 6.79. The number of rotatable bonds is 1. The Morgan fingerprint density at radius 2 is 2.07 bits per heavy atom. The van der Waals surface area contributed by atoms with Gasteiger partial charge in [-0.1, -0.05) is 0 Å². The maximum Gasteiger partial charge on any atom is 0.133 e. The lowest BCUT2D eigenvalue weighted by atomic mass is 9.98. The van der Waals surface area contributed by atoms with Crippen molar-refractivity contribution in [2.75, 3.05) is 0 Å². The molecule has 1 nitrogen and oxygen atoms in total. The van der Waals surface area contributed by atoms with E-state index in [-0.39, 0.29) is 0 Å². The fourth-order valence-corrected chi connectivity index (χ4v) is 3.20. The number of carbonyl (C=O) groups excluding carboxylic acids is 1. The van der Waals surface area contributed by atoms with Gasteiger partial charge in [-0.15, -0.1) is 0 Å². The summed E-state index contributed by atoms with van der Waals surface area (Å²) in [5.74, 6) is 0.897. The third-order valence-electron chi connectivity index (χ3n) is 2.64. The predicted octanol–water partition coefficient (Wildman–Crippen LogP) is 3.73. The molecule has 1 aliphatic carbocycles. The lowest BCUT2D eigenvalue weighted by molar-refractivity contribution is -0.117. The van der Waals surface area contributed by atoms with Crippen LogP contribution < -0.4 is 0 Å². The standard InChI is InChI=1S/C11H10I2O/c12-8-2-4-11(13)10(6-8)7-1-3-9(14)5-7/h2,4,6-7H,1,3,5H2. The van der Waals surface area contributed by atoms with Gasteiger partial charge >= 0.3 is 0 Å². The molecule has 0 aromatic heterocycles. The van der Waals surface area contributed by atoms with E-state index >= 15 is 0 Å². The van der Waals surface area contributed by atoms with Gasteiger partial charge in [-0.25, -0.2) is 0 Å². The number of benzene rings is 1. The van der Waals surface area contributed by atoms with Gasteiger partial charge in [0.2, 0.25) is 0 Å². The van der Waals surface area contributed by atoms with E-state index in [2.05, 4.69) is 63.4 Å². The molecule has 1 fully saturated rings. The first kappa shape index (κ1) is 10.9. The Morgan fingerprint density at radius 3 is 2.71 bits per heavy atom. The van der Waals surface area contributed by atoms with E-state index in [0.717, 1.165) is 19.3 Å². The van der Waals surface area contributed by atoms with Gasteiger partial charge in [0.15, 0.2) is 0 Å². The average Bonchev–Trinajstić information content (AvgIpc) is 2.56. The number of Topliss-reactive ketones (excluding diaryl/α,β-unsaturated/α-hetero) is 1. The summed E-state index contributed by atoms with van der Waals surface area (Å²) in [4.78, 5) is 11.2. The first-order valence-electron chi connectivity index (χ1n) is 4.63. The zero-order chi connectivity index (χ0) is 10.1. The van der Waals surface area contributed by atoms with Crippen LogP contribution in [0.5, 0.6) is 0 Å². The van der Waals surface area contributed by atoms with E-state index in [0.29, 0.717) is 11.7 Å². The molecule has 1 atom stereocenters. The minimum atomic E-state index is 0.421. The van der Waals surface area contributed by atoms with Crippen LogP contribution in [-0.2, 0) is 4.79 Å². The fraction of sp³-hybridized carbons (Fsp3) is 0.364. The van der Waals surface area contributed by atoms with Crippen LogP contribution >= 0.6 is 45.2 Å². The molecule has 1 aromatic rings. The van der Waals surface area contributed by atoms with Crippen LogP contribution in [0.1, 0.15) is 30.7 Å². The van der Waals surface area contributed by atoms with Crippen molar-refractivity contribution < 1.29 is 4.79 Å². The summed E-state index contributed by atoms with van der Waals surface area (Å²) in [6, 6.07) is 6.47. The van der Waals surface area contributed by atoms with Crippen LogP contribution in [0.4, 0.5) is 0 Å². The monoisotopic (exact) mass is 412 g/mol. The SMILES string of the molecule is O=C1CCC(c2cc(I)ccc2I)C1. The van der Waals surface area contributed by atoms with Crippen molar-refractivity contribution in [2.24, 2.45) is 0 Å². The van der Waals surface area contributed by atoms with E-state index in [4.69, 9.17) is 0 Å². The molecule has 1 unspecified atom stereocenters. The fourth-order valence-electron chi connectivity index (χ4n) is 1.91. The Kier molecular flexibility index (Phi) is 3.46. The smallest absolute Gasteiger partial charge is 0.133 e. The molecular formula is C11H10I2O. The van der Waals surface area contributed by atoms with Crippen molar-refractivity contribution in [3.8, 4) is 0 Å². The summed E-state index contributed by atoms with van der Waals surface area (Å²) in [7, 11) is 0. The largest absolute Gasteiger partial charge is 0.300 e. The van der Waals surface area contributed by atoms with Gasteiger partial charge in [-0.2, -0.15) is 0 Å². The minimum absolute atomic E-state index is 0.421. The van der Waals surface area contributed by atoms with Gasteiger partial charge < -0.3 is 0 Å². The van der Waals surface area contributed by atoms with Crippen LogP contribution in [0.15, 0.2) is 18.2 Å². The Hall–Kier alpha value is 0.350. The molecule has 0 bridgehead atoms. The highest BCUT2D eigenvalue weighted by Crippen LogP contribution is 2.35. The Morgan fingerprint density at radius 1 is 1.29 bits per heavy atom. The highest BCUT2D eigenvalue weighted by Gasteiger charge is 2.24. The van der Waals surface area contributed by atoms with Crippen LogP contribution in [0.3, 0.4) is 0 Å². The van der Waals surface area contributed by atoms with Crippen molar-refractivity contribution in [3.63, 3.8) is 0 Å². The first-order chi connectivity index (χ1) is 6.66. The maximum absolute atomic E-state index is 11.2. The molecule has 0 radical (unpaired) electrons. The van der Waals surface area contributed by atoms with E-state index in [1.165, 1.54) is 12.7 Å². The molecule has 1 aliphatic rings. The predicted molar refractivity (Wildman–Crippen MR) is 73.5 cm³/mol. The van der Waals surface area contributed by atoms with E-state index in [9.17, 15) is 4.79 Å². The highest BCUT2D eigenvalue weighted by molar-refractivity contribution is 14.1. The minimum Gasteiger partial charge on any atom is -0.300 e. The van der Waals surface area contributed by atoms with E-state index < -0.39 is 0 Å². The van der Waals surface area contributed by atoms with E-state index in [1.54, 1.807) is 0 Å². The normalized spacial score (nSPS) is 21.6. The molecule has 1 aromatic carbocycles.